The maximum absolute atomic E-state index is 11.5. The van der Waals surface area contributed by atoms with Crippen molar-refractivity contribution in [2.45, 2.75) is 20.3 Å². The minimum absolute atomic E-state index is 0.0268. The van der Waals surface area contributed by atoms with Gasteiger partial charge in [-0.05, 0) is 6.92 Å². The lowest BCUT2D eigenvalue weighted by atomic mass is 10.3. The van der Waals surface area contributed by atoms with Gasteiger partial charge in [0.1, 0.15) is 0 Å². The molecule has 1 rings (SSSR count). The molecule has 86 valence electrons. The standard InChI is InChI=1S/C10H19N3O2/c1-3-9(14)12-5-7-13(8-6-12)10(15)11-4-2/h3-8H2,1-2H3,(H,11,15). The molecule has 1 heterocycles. The first-order chi connectivity index (χ1) is 7.19. The van der Waals surface area contributed by atoms with E-state index in [1.165, 1.54) is 0 Å². The number of piperazine rings is 1. The summed E-state index contributed by atoms with van der Waals surface area (Å²) in [5, 5.41) is 2.76. The molecular formula is C10H19N3O2. The Morgan fingerprint density at radius 2 is 1.60 bits per heavy atom. The average molecular weight is 213 g/mol. The molecule has 0 aromatic rings. The maximum atomic E-state index is 11.5. The van der Waals surface area contributed by atoms with Crippen molar-refractivity contribution >= 4 is 11.9 Å². The Kier molecular flexibility index (Phi) is 4.39. The van der Waals surface area contributed by atoms with Gasteiger partial charge in [-0.3, -0.25) is 4.79 Å². The molecule has 1 aliphatic rings. The van der Waals surface area contributed by atoms with E-state index >= 15 is 0 Å². The molecule has 3 amide bonds. The highest BCUT2D eigenvalue weighted by Gasteiger charge is 2.22. The van der Waals surface area contributed by atoms with E-state index in [-0.39, 0.29) is 11.9 Å². The second-order valence-electron chi connectivity index (χ2n) is 3.56. The molecule has 0 bridgehead atoms. The second-order valence-corrected chi connectivity index (χ2v) is 3.56. The maximum Gasteiger partial charge on any atom is 0.317 e. The minimum atomic E-state index is -0.0268. The third-order valence-corrected chi connectivity index (χ3v) is 2.55. The van der Waals surface area contributed by atoms with Crippen LogP contribution < -0.4 is 5.32 Å². The predicted molar refractivity (Wildman–Crippen MR) is 57.5 cm³/mol. The number of hydrogen-bond acceptors (Lipinski definition) is 2. The number of hydrogen-bond donors (Lipinski definition) is 1. The van der Waals surface area contributed by atoms with Gasteiger partial charge in [0, 0.05) is 39.1 Å². The van der Waals surface area contributed by atoms with E-state index in [0.717, 1.165) is 0 Å². The lowest BCUT2D eigenvalue weighted by Crippen LogP contribution is -2.53. The van der Waals surface area contributed by atoms with E-state index in [1.807, 2.05) is 18.7 Å². The van der Waals surface area contributed by atoms with Crippen molar-refractivity contribution in [3.8, 4) is 0 Å². The normalized spacial score (nSPS) is 16.4. The molecule has 0 aromatic carbocycles. The fourth-order valence-corrected chi connectivity index (χ4v) is 1.65. The number of nitrogens with one attached hydrogen (secondary N) is 1. The molecule has 0 radical (unpaired) electrons. The highest BCUT2D eigenvalue weighted by atomic mass is 16.2. The largest absolute Gasteiger partial charge is 0.339 e. The summed E-state index contributed by atoms with van der Waals surface area (Å²) in [5.41, 5.74) is 0. The highest BCUT2D eigenvalue weighted by Crippen LogP contribution is 2.03. The van der Waals surface area contributed by atoms with E-state index in [2.05, 4.69) is 5.32 Å². The number of amides is 3. The Morgan fingerprint density at radius 1 is 1.07 bits per heavy atom. The summed E-state index contributed by atoms with van der Waals surface area (Å²) in [5.74, 6) is 0.172. The van der Waals surface area contributed by atoms with Crippen LogP contribution in [0.3, 0.4) is 0 Å². The van der Waals surface area contributed by atoms with Gasteiger partial charge in [-0.1, -0.05) is 6.92 Å². The summed E-state index contributed by atoms with van der Waals surface area (Å²) >= 11 is 0. The highest BCUT2D eigenvalue weighted by molar-refractivity contribution is 5.77. The van der Waals surface area contributed by atoms with Crippen molar-refractivity contribution in [3.05, 3.63) is 0 Å². The number of carbonyl (C=O) groups is 2. The first-order valence-corrected chi connectivity index (χ1v) is 5.49. The van der Waals surface area contributed by atoms with E-state index in [9.17, 15) is 9.59 Å². The Morgan fingerprint density at radius 3 is 2.07 bits per heavy atom. The quantitative estimate of drug-likeness (QED) is 0.716. The average Bonchev–Trinajstić information content (AvgIpc) is 2.28. The van der Waals surface area contributed by atoms with Gasteiger partial charge in [-0.2, -0.15) is 0 Å². The molecule has 15 heavy (non-hydrogen) atoms. The third-order valence-electron chi connectivity index (χ3n) is 2.55. The Labute approximate surface area is 90.4 Å². The lowest BCUT2D eigenvalue weighted by Gasteiger charge is -2.34. The SMILES string of the molecule is CCNC(=O)N1CCN(C(=O)CC)CC1. The number of nitrogens with zero attached hydrogens (tertiary/aromatic N) is 2. The number of rotatable bonds is 2. The predicted octanol–water partition coefficient (Wildman–Crippen LogP) is 0.270. The van der Waals surface area contributed by atoms with Gasteiger partial charge in [0.25, 0.3) is 0 Å². The zero-order valence-corrected chi connectivity index (χ0v) is 9.45. The van der Waals surface area contributed by atoms with Gasteiger partial charge >= 0.3 is 6.03 Å². The number of urea groups is 1. The van der Waals surface area contributed by atoms with E-state index in [0.29, 0.717) is 39.1 Å². The van der Waals surface area contributed by atoms with Crippen LogP contribution in [-0.4, -0.2) is 54.5 Å². The molecule has 0 saturated carbocycles. The molecule has 0 aliphatic carbocycles. The summed E-state index contributed by atoms with van der Waals surface area (Å²) in [6.45, 7) is 6.99. The van der Waals surface area contributed by atoms with Gasteiger partial charge in [0.05, 0.1) is 0 Å². The summed E-state index contributed by atoms with van der Waals surface area (Å²) in [6.07, 6.45) is 0.543. The molecule has 0 aromatic heterocycles. The molecular weight excluding hydrogens is 194 g/mol. The number of carbonyl (C=O) groups excluding carboxylic acids is 2. The van der Waals surface area contributed by atoms with Crippen LogP contribution in [0.5, 0.6) is 0 Å². The van der Waals surface area contributed by atoms with Gasteiger partial charge in [0.15, 0.2) is 0 Å². The van der Waals surface area contributed by atoms with Crippen molar-refractivity contribution in [1.29, 1.82) is 0 Å². The fourth-order valence-electron chi connectivity index (χ4n) is 1.65. The molecule has 1 saturated heterocycles. The van der Waals surface area contributed by atoms with E-state index in [4.69, 9.17) is 0 Å². The van der Waals surface area contributed by atoms with Crippen LogP contribution in [0.4, 0.5) is 4.79 Å². The Bertz CT molecular complexity index is 235. The molecule has 0 atom stereocenters. The van der Waals surface area contributed by atoms with Crippen LogP contribution in [-0.2, 0) is 4.79 Å². The van der Waals surface area contributed by atoms with Gasteiger partial charge < -0.3 is 15.1 Å². The van der Waals surface area contributed by atoms with Crippen LogP contribution in [0.1, 0.15) is 20.3 Å². The van der Waals surface area contributed by atoms with Crippen molar-refractivity contribution in [2.24, 2.45) is 0 Å². The lowest BCUT2D eigenvalue weighted by molar-refractivity contribution is -0.132. The Balaban J connectivity index is 2.35. The molecule has 1 aliphatic heterocycles. The summed E-state index contributed by atoms with van der Waals surface area (Å²) in [7, 11) is 0. The van der Waals surface area contributed by atoms with Crippen LogP contribution in [0.25, 0.3) is 0 Å². The van der Waals surface area contributed by atoms with Crippen molar-refractivity contribution < 1.29 is 9.59 Å². The summed E-state index contributed by atoms with van der Waals surface area (Å²) < 4.78 is 0. The topological polar surface area (TPSA) is 52.7 Å². The van der Waals surface area contributed by atoms with Crippen LogP contribution in [0, 0.1) is 0 Å². The van der Waals surface area contributed by atoms with E-state index in [1.54, 1.807) is 4.90 Å². The second kappa shape index (κ2) is 5.58. The molecule has 0 spiro atoms. The molecule has 5 heteroatoms. The molecule has 5 nitrogen and oxygen atoms in total. The van der Waals surface area contributed by atoms with Gasteiger partial charge in [-0.25, -0.2) is 4.79 Å². The monoisotopic (exact) mass is 213 g/mol. The van der Waals surface area contributed by atoms with Crippen LogP contribution in [0.2, 0.25) is 0 Å². The zero-order chi connectivity index (χ0) is 11.3. The molecule has 0 unspecified atom stereocenters. The zero-order valence-electron chi connectivity index (χ0n) is 9.45. The van der Waals surface area contributed by atoms with Crippen LogP contribution >= 0.6 is 0 Å². The Hall–Kier alpha value is -1.26. The van der Waals surface area contributed by atoms with Crippen molar-refractivity contribution in [1.82, 2.24) is 15.1 Å². The first-order valence-electron chi connectivity index (χ1n) is 5.49. The summed E-state index contributed by atoms with van der Waals surface area (Å²) in [6, 6.07) is -0.0268. The molecule has 1 N–H and O–H groups in total. The van der Waals surface area contributed by atoms with Crippen molar-refractivity contribution in [2.75, 3.05) is 32.7 Å². The summed E-state index contributed by atoms with van der Waals surface area (Å²) in [4.78, 5) is 26.4. The first kappa shape index (κ1) is 11.8. The smallest absolute Gasteiger partial charge is 0.317 e. The van der Waals surface area contributed by atoms with Gasteiger partial charge in [-0.15, -0.1) is 0 Å². The van der Waals surface area contributed by atoms with Crippen molar-refractivity contribution in [3.63, 3.8) is 0 Å². The molecule has 1 fully saturated rings. The fraction of sp³-hybridized carbons (Fsp3) is 0.800. The van der Waals surface area contributed by atoms with E-state index < -0.39 is 0 Å². The minimum Gasteiger partial charge on any atom is -0.339 e. The van der Waals surface area contributed by atoms with Gasteiger partial charge in [0.2, 0.25) is 5.91 Å². The third kappa shape index (κ3) is 3.11. The van der Waals surface area contributed by atoms with Crippen LogP contribution in [0.15, 0.2) is 0 Å².